The van der Waals surface area contributed by atoms with Crippen molar-refractivity contribution < 1.29 is 0 Å². The van der Waals surface area contributed by atoms with Crippen LogP contribution in [0.4, 0.5) is 0 Å². The largest absolute Gasteiger partial charge is 0.311 e. The predicted molar refractivity (Wildman–Crippen MR) is 91.8 cm³/mol. The zero-order valence-electron chi connectivity index (χ0n) is 14.9. The highest BCUT2D eigenvalue weighted by Crippen LogP contribution is 2.26. The van der Waals surface area contributed by atoms with Crippen LogP contribution in [0.5, 0.6) is 0 Å². The monoisotopic (exact) mass is 288 g/mol. The number of aryl methyl sites for hydroxylation is 3. The zero-order valence-corrected chi connectivity index (χ0v) is 14.9. The van der Waals surface area contributed by atoms with Crippen LogP contribution in [-0.2, 0) is 6.54 Å². The van der Waals surface area contributed by atoms with E-state index in [2.05, 4.69) is 70.8 Å². The summed E-state index contributed by atoms with van der Waals surface area (Å²) >= 11 is 0. The Morgan fingerprint density at radius 3 is 2.24 bits per heavy atom. The van der Waals surface area contributed by atoms with Crippen LogP contribution in [-0.4, -0.2) is 30.1 Å². The second-order valence-corrected chi connectivity index (χ2v) is 7.98. The van der Waals surface area contributed by atoms with Crippen molar-refractivity contribution in [2.75, 3.05) is 13.1 Å². The molecular formula is C19H32N2. The summed E-state index contributed by atoms with van der Waals surface area (Å²) in [6.07, 6.45) is 0. The lowest BCUT2D eigenvalue weighted by atomic mass is 9.84. The number of hydrogen-bond acceptors (Lipinski definition) is 2. The van der Waals surface area contributed by atoms with Crippen molar-refractivity contribution in [2.24, 2.45) is 5.41 Å². The molecule has 1 aromatic carbocycles. The summed E-state index contributed by atoms with van der Waals surface area (Å²) in [4.78, 5) is 2.65. The molecule has 2 heteroatoms. The summed E-state index contributed by atoms with van der Waals surface area (Å²) < 4.78 is 0. The maximum atomic E-state index is 3.72. The number of rotatable bonds is 2. The van der Waals surface area contributed by atoms with E-state index in [0.29, 0.717) is 17.5 Å². The Morgan fingerprint density at radius 1 is 1.14 bits per heavy atom. The van der Waals surface area contributed by atoms with E-state index in [-0.39, 0.29) is 0 Å². The average Bonchev–Trinajstić information content (AvgIpc) is 2.34. The molecule has 0 amide bonds. The smallest absolute Gasteiger partial charge is 0.0244 e. The van der Waals surface area contributed by atoms with Crippen molar-refractivity contribution >= 4 is 0 Å². The Morgan fingerprint density at radius 2 is 1.71 bits per heavy atom. The van der Waals surface area contributed by atoms with Crippen LogP contribution in [0.15, 0.2) is 12.1 Å². The van der Waals surface area contributed by atoms with E-state index in [4.69, 9.17) is 0 Å². The fourth-order valence-electron chi connectivity index (χ4n) is 3.38. The van der Waals surface area contributed by atoms with Gasteiger partial charge in [-0.15, -0.1) is 0 Å². The summed E-state index contributed by atoms with van der Waals surface area (Å²) in [7, 11) is 0. The molecule has 1 heterocycles. The summed E-state index contributed by atoms with van der Waals surface area (Å²) in [5, 5.41) is 3.72. The Bertz CT molecular complexity index is 476. The Kier molecular flexibility index (Phi) is 4.79. The summed E-state index contributed by atoms with van der Waals surface area (Å²) in [5.41, 5.74) is 6.07. The highest BCUT2D eigenvalue weighted by Gasteiger charge is 2.32. The molecule has 2 unspecified atom stereocenters. The van der Waals surface area contributed by atoms with Gasteiger partial charge in [0.05, 0.1) is 0 Å². The van der Waals surface area contributed by atoms with Gasteiger partial charge in [-0.25, -0.2) is 0 Å². The first kappa shape index (κ1) is 16.5. The van der Waals surface area contributed by atoms with E-state index < -0.39 is 0 Å². The molecule has 1 aromatic rings. The molecule has 1 aliphatic heterocycles. The van der Waals surface area contributed by atoms with E-state index in [0.717, 1.165) is 19.6 Å². The first-order chi connectivity index (χ1) is 9.68. The third-order valence-electron chi connectivity index (χ3n) is 4.95. The van der Waals surface area contributed by atoms with E-state index in [9.17, 15) is 0 Å². The standard InChI is InChI=1S/C19H32N2/c1-13-8-14(2)17(15(3)9-13)11-21-12-18(19(5,6)7)20-10-16(21)4/h8-9,16,18,20H,10-12H2,1-7H3. The van der Waals surface area contributed by atoms with Gasteiger partial charge in [0, 0.05) is 31.7 Å². The summed E-state index contributed by atoms with van der Waals surface area (Å²) in [6.45, 7) is 19.3. The van der Waals surface area contributed by atoms with Crippen LogP contribution in [0.3, 0.4) is 0 Å². The lowest BCUT2D eigenvalue weighted by Gasteiger charge is -2.44. The molecule has 0 aliphatic carbocycles. The Labute approximate surface area is 130 Å². The van der Waals surface area contributed by atoms with E-state index >= 15 is 0 Å². The van der Waals surface area contributed by atoms with Gasteiger partial charge in [0.15, 0.2) is 0 Å². The first-order valence-corrected chi connectivity index (χ1v) is 8.22. The highest BCUT2D eigenvalue weighted by atomic mass is 15.2. The van der Waals surface area contributed by atoms with Crippen LogP contribution in [0.1, 0.15) is 49.9 Å². The average molecular weight is 288 g/mol. The van der Waals surface area contributed by atoms with E-state index in [1.165, 1.54) is 22.3 Å². The highest BCUT2D eigenvalue weighted by molar-refractivity contribution is 5.37. The molecule has 118 valence electrons. The molecule has 2 nitrogen and oxygen atoms in total. The topological polar surface area (TPSA) is 15.3 Å². The van der Waals surface area contributed by atoms with Gasteiger partial charge in [0.1, 0.15) is 0 Å². The van der Waals surface area contributed by atoms with Crippen molar-refractivity contribution in [3.05, 3.63) is 34.4 Å². The third-order valence-corrected chi connectivity index (χ3v) is 4.95. The minimum atomic E-state index is 0.315. The fourth-order valence-corrected chi connectivity index (χ4v) is 3.38. The Hall–Kier alpha value is -0.860. The number of nitrogens with one attached hydrogen (secondary N) is 1. The quantitative estimate of drug-likeness (QED) is 0.890. The van der Waals surface area contributed by atoms with Crippen molar-refractivity contribution in [2.45, 2.75) is 67.1 Å². The lowest BCUT2D eigenvalue weighted by Crippen LogP contribution is -2.59. The lowest BCUT2D eigenvalue weighted by molar-refractivity contribution is 0.0874. The maximum Gasteiger partial charge on any atom is 0.0244 e. The van der Waals surface area contributed by atoms with E-state index in [1.807, 2.05) is 0 Å². The SMILES string of the molecule is Cc1cc(C)c(CN2CC(C(C)(C)C)NCC2C)c(C)c1. The van der Waals surface area contributed by atoms with Gasteiger partial charge >= 0.3 is 0 Å². The van der Waals surface area contributed by atoms with E-state index in [1.54, 1.807) is 0 Å². The molecule has 0 saturated carbocycles. The number of piperazine rings is 1. The van der Waals surface area contributed by atoms with Gasteiger partial charge in [0.25, 0.3) is 0 Å². The van der Waals surface area contributed by atoms with Gasteiger partial charge in [-0.2, -0.15) is 0 Å². The van der Waals surface area contributed by atoms with Crippen LogP contribution in [0.25, 0.3) is 0 Å². The molecule has 0 aromatic heterocycles. The minimum absolute atomic E-state index is 0.315. The van der Waals surface area contributed by atoms with Gasteiger partial charge in [0.2, 0.25) is 0 Å². The van der Waals surface area contributed by atoms with Gasteiger partial charge in [-0.1, -0.05) is 38.5 Å². The van der Waals surface area contributed by atoms with Gasteiger partial charge in [-0.3, -0.25) is 4.90 Å². The molecule has 21 heavy (non-hydrogen) atoms. The number of hydrogen-bond donors (Lipinski definition) is 1. The molecule has 0 radical (unpaired) electrons. The molecule has 1 aliphatic rings. The Balaban J connectivity index is 2.18. The number of benzene rings is 1. The fraction of sp³-hybridized carbons (Fsp3) is 0.684. The van der Waals surface area contributed by atoms with Crippen LogP contribution < -0.4 is 5.32 Å². The van der Waals surface area contributed by atoms with Crippen molar-refractivity contribution in [3.8, 4) is 0 Å². The molecule has 0 bridgehead atoms. The molecule has 1 fully saturated rings. The van der Waals surface area contributed by atoms with Crippen LogP contribution in [0, 0.1) is 26.2 Å². The number of nitrogens with zero attached hydrogens (tertiary/aromatic N) is 1. The maximum absolute atomic E-state index is 3.72. The minimum Gasteiger partial charge on any atom is -0.311 e. The van der Waals surface area contributed by atoms with Crippen molar-refractivity contribution in [1.82, 2.24) is 10.2 Å². The normalized spacial score (nSPS) is 24.3. The van der Waals surface area contributed by atoms with Crippen LogP contribution in [0.2, 0.25) is 0 Å². The first-order valence-electron chi connectivity index (χ1n) is 8.22. The molecule has 1 saturated heterocycles. The van der Waals surface area contributed by atoms with Crippen LogP contribution >= 0.6 is 0 Å². The second kappa shape index (κ2) is 6.10. The van der Waals surface area contributed by atoms with Crippen molar-refractivity contribution in [1.29, 1.82) is 0 Å². The predicted octanol–water partition coefficient (Wildman–Crippen LogP) is 3.82. The third kappa shape index (κ3) is 3.87. The molecular weight excluding hydrogens is 256 g/mol. The summed E-state index contributed by atoms with van der Waals surface area (Å²) in [6, 6.07) is 5.80. The van der Waals surface area contributed by atoms with Gasteiger partial charge in [-0.05, 0) is 49.8 Å². The molecule has 2 rings (SSSR count). The summed E-state index contributed by atoms with van der Waals surface area (Å²) in [5.74, 6) is 0. The second-order valence-electron chi connectivity index (χ2n) is 7.98. The zero-order chi connectivity index (χ0) is 15.8. The molecule has 0 spiro atoms. The molecule has 1 N–H and O–H groups in total. The molecule has 2 atom stereocenters. The van der Waals surface area contributed by atoms with Crippen molar-refractivity contribution in [3.63, 3.8) is 0 Å². The van der Waals surface area contributed by atoms with Gasteiger partial charge < -0.3 is 5.32 Å².